The molecule has 0 amide bonds. The van der Waals surface area contributed by atoms with E-state index in [9.17, 15) is 5.11 Å². The van der Waals surface area contributed by atoms with Crippen LogP contribution in [0.5, 0.6) is 5.75 Å². The number of nitrogens with one attached hydrogen (secondary N) is 1. The van der Waals surface area contributed by atoms with Gasteiger partial charge in [-0.1, -0.05) is 36.1 Å². The number of hydrogen-bond acceptors (Lipinski definition) is 6. The fourth-order valence-electron chi connectivity index (χ4n) is 3.34. The quantitative estimate of drug-likeness (QED) is 0.600. The Morgan fingerprint density at radius 2 is 1.83 bits per heavy atom. The van der Waals surface area contributed by atoms with Gasteiger partial charge in [0.15, 0.2) is 5.82 Å². The average Bonchev–Trinajstić information content (AvgIpc) is 2.75. The van der Waals surface area contributed by atoms with Gasteiger partial charge in [-0.2, -0.15) is 0 Å². The number of anilines is 1. The topological polar surface area (TPSA) is 87.3 Å². The van der Waals surface area contributed by atoms with Crippen molar-refractivity contribution in [3.05, 3.63) is 71.3 Å². The maximum atomic E-state index is 10.1. The third-order valence-electron chi connectivity index (χ3n) is 4.89. The van der Waals surface area contributed by atoms with E-state index >= 15 is 0 Å². The Hall–Kier alpha value is -3.40. The summed E-state index contributed by atoms with van der Waals surface area (Å²) in [6, 6.07) is 17.0. The molecule has 146 valence electrons. The molecule has 1 aromatic heterocycles. The Morgan fingerprint density at radius 1 is 1.00 bits per heavy atom. The van der Waals surface area contributed by atoms with Gasteiger partial charge in [-0.15, -0.1) is 10.2 Å². The second-order valence-electron chi connectivity index (χ2n) is 7.02. The number of para-hydroxylation sites is 1. The summed E-state index contributed by atoms with van der Waals surface area (Å²) in [5, 5.41) is 21.5. The summed E-state index contributed by atoms with van der Waals surface area (Å²) in [6.07, 6.45) is 0. The fraction of sp³-hybridized carbons (Fsp3) is 0.217. The Labute approximate surface area is 170 Å². The monoisotopic (exact) mass is 385 g/mol. The van der Waals surface area contributed by atoms with E-state index in [4.69, 9.17) is 5.73 Å². The first-order valence-electron chi connectivity index (χ1n) is 9.64. The van der Waals surface area contributed by atoms with E-state index in [1.165, 1.54) is 5.56 Å². The van der Waals surface area contributed by atoms with Crippen molar-refractivity contribution < 1.29 is 5.11 Å². The van der Waals surface area contributed by atoms with E-state index in [2.05, 4.69) is 44.4 Å². The van der Waals surface area contributed by atoms with Gasteiger partial charge in [0.2, 0.25) is 0 Å². The maximum Gasteiger partial charge on any atom is 0.161 e. The minimum atomic E-state index is 0.145. The predicted molar refractivity (Wildman–Crippen MR) is 114 cm³/mol. The molecule has 2 heterocycles. The van der Waals surface area contributed by atoms with Crippen LogP contribution in [-0.4, -0.2) is 46.4 Å². The van der Waals surface area contributed by atoms with Crippen LogP contribution in [0.4, 0.5) is 5.82 Å². The van der Waals surface area contributed by atoms with Gasteiger partial charge in [-0.25, -0.2) is 0 Å². The normalized spacial score (nSPS) is 14.2. The Kier molecular flexibility index (Phi) is 5.71. The fourth-order valence-corrected chi connectivity index (χ4v) is 3.34. The molecule has 1 saturated heterocycles. The number of benzene rings is 2. The zero-order valence-electron chi connectivity index (χ0n) is 16.1. The molecule has 0 aliphatic carbocycles. The van der Waals surface area contributed by atoms with Crippen LogP contribution in [0.25, 0.3) is 11.3 Å². The molecule has 6 heteroatoms. The van der Waals surface area contributed by atoms with Gasteiger partial charge < -0.3 is 16.2 Å². The highest BCUT2D eigenvalue weighted by molar-refractivity contribution is 5.69. The third kappa shape index (κ3) is 4.72. The molecule has 1 fully saturated rings. The summed E-state index contributed by atoms with van der Waals surface area (Å²) in [5.74, 6) is 6.70. The number of phenols is 1. The molecule has 4 N–H and O–H groups in total. The van der Waals surface area contributed by atoms with Crippen molar-refractivity contribution in [1.29, 1.82) is 0 Å². The molecule has 29 heavy (non-hydrogen) atoms. The van der Waals surface area contributed by atoms with Crippen molar-refractivity contribution in [3.63, 3.8) is 0 Å². The number of phenolic OH excluding ortho intramolecular Hbond substituents is 1. The van der Waals surface area contributed by atoms with Gasteiger partial charge in [-0.3, -0.25) is 4.90 Å². The lowest BCUT2D eigenvalue weighted by atomic mass is 10.1. The second kappa shape index (κ2) is 8.74. The van der Waals surface area contributed by atoms with E-state index < -0.39 is 0 Å². The standard InChI is InChI=1S/C23H23N5O/c24-23-19(15-21(26-27-23)20-6-1-2-7-22(20)29)9-8-17-4-3-5-18(14-17)16-28-12-10-25-11-13-28/h1-7,14-15,25,29H,10-13,16H2,(H2,24,27). The molecule has 1 aliphatic heterocycles. The summed E-state index contributed by atoms with van der Waals surface area (Å²) in [4.78, 5) is 2.44. The Bertz CT molecular complexity index is 1060. The highest BCUT2D eigenvalue weighted by Gasteiger charge is 2.10. The molecule has 0 bridgehead atoms. The van der Waals surface area contributed by atoms with Crippen LogP contribution in [0.3, 0.4) is 0 Å². The molecular weight excluding hydrogens is 362 g/mol. The largest absolute Gasteiger partial charge is 0.507 e. The van der Waals surface area contributed by atoms with Gasteiger partial charge in [-0.05, 0) is 35.9 Å². The second-order valence-corrected chi connectivity index (χ2v) is 7.02. The number of nitrogens with zero attached hydrogens (tertiary/aromatic N) is 3. The summed E-state index contributed by atoms with van der Waals surface area (Å²) in [5.41, 5.74) is 9.87. The van der Waals surface area contributed by atoms with Crippen LogP contribution in [0.15, 0.2) is 54.6 Å². The van der Waals surface area contributed by atoms with Gasteiger partial charge in [0, 0.05) is 43.9 Å². The Balaban J connectivity index is 1.56. The van der Waals surface area contributed by atoms with Crippen LogP contribution in [0.2, 0.25) is 0 Å². The molecule has 0 saturated carbocycles. The van der Waals surface area contributed by atoms with Crippen LogP contribution in [0, 0.1) is 11.8 Å². The van der Waals surface area contributed by atoms with E-state index in [1.807, 2.05) is 18.2 Å². The van der Waals surface area contributed by atoms with E-state index in [0.29, 0.717) is 16.8 Å². The minimum Gasteiger partial charge on any atom is -0.507 e. The molecule has 0 atom stereocenters. The summed E-state index contributed by atoms with van der Waals surface area (Å²) in [7, 11) is 0. The summed E-state index contributed by atoms with van der Waals surface area (Å²) < 4.78 is 0. The first kappa shape index (κ1) is 18.9. The highest BCUT2D eigenvalue weighted by atomic mass is 16.3. The van der Waals surface area contributed by atoms with Crippen molar-refractivity contribution >= 4 is 5.82 Å². The predicted octanol–water partition coefficient (Wildman–Crippen LogP) is 2.24. The van der Waals surface area contributed by atoms with Crippen molar-refractivity contribution in [2.75, 3.05) is 31.9 Å². The average molecular weight is 385 g/mol. The van der Waals surface area contributed by atoms with Crippen LogP contribution in [0.1, 0.15) is 16.7 Å². The first-order valence-corrected chi connectivity index (χ1v) is 9.64. The van der Waals surface area contributed by atoms with Crippen molar-refractivity contribution in [1.82, 2.24) is 20.4 Å². The number of piperazine rings is 1. The molecule has 2 aromatic carbocycles. The molecule has 6 nitrogen and oxygen atoms in total. The Morgan fingerprint density at radius 3 is 2.66 bits per heavy atom. The number of rotatable bonds is 3. The lowest BCUT2D eigenvalue weighted by Crippen LogP contribution is -2.42. The number of nitrogens with two attached hydrogens (primary N) is 1. The number of aromatic hydroxyl groups is 1. The smallest absolute Gasteiger partial charge is 0.161 e. The SMILES string of the molecule is Nc1nnc(-c2ccccc2O)cc1C#Cc1cccc(CN2CCNCC2)c1. The van der Waals surface area contributed by atoms with E-state index in [1.54, 1.807) is 24.3 Å². The summed E-state index contributed by atoms with van der Waals surface area (Å²) in [6.45, 7) is 5.11. The van der Waals surface area contributed by atoms with E-state index in [-0.39, 0.29) is 11.6 Å². The van der Waals surface area contributed by atoms with Gasteiger partial charge in [0.05, 0.1) is 11.3 Å². The number of hydrogen-bond donors (Lipinski definition) is 3. The molecular formula is C23H23N5O. The molecule has 0 unspecified atom stereocenters. The molecule has 0 radical (unpaired) electrons. The summed E-state index contributed by atoms with van der Waals surface area (Å²) >= 11 is 0. The minimum absolute atomic E-state index is 0.145. The van der Waals surface area contributed by atoms with Crippen LogP contribution < -0.4 is 11.1 Å². The number of aromatic nitrogens is 2. The molecule has 3 aromatic rings. The van der Waals surface area contributed by atoms with Crippen LogP contribution >= 0.6 is 0 Å². The van der Waals surface area contributed by atoms with Gasteiger partial charge >= 0.3 is 0 Å². The first-order chi connectivity index (χ1) is 14.2. The maximum absolute atomic E-state index is 10.1. The van der Waals surface area contributed by atoms with Crippen molar-refractivity contribution in [2.45, 2.75) is 6.54 Å². The molecule has 1 aliphatic rings. The third-order valence-corrected chi connectivity index (χ3v) is 4.89. The lowest BCUT2D eigenvalue weighted by Gasteiger charge is -2.27. The zero-order chi connectivity index (χ0) is 20.1. The van der Waals surface area contributed by atoms with E-state index in [0.717, 1.165) is 38.3 Å². The molecule has 4 rings (SSSR count). The number of nitrogen functional groups attached to an aromatic ring is 1. The zero-order valence-corrected chi connectivity index (χ0v) is 16.1. The lowest BCUT2D eigenvalue weighted by molar-refractivity contribution is 0.233. The highest BCUT2D eigenvalue weighted by Crippen LogP contribution is 2.27. The van der Waals surface area contributed by atoms with Gasteiger partial charge in [0.25, 0.3) is 0 Å². The van der Waals surface area contributed by atoms with Crippen molar-refractivity contribution in [2.24, 2.45) is 0 Å². The van der Waals surface area contributed by atoms with Crippen LogP contribution in [-0.2, 0) is 6.54 Å². The van der Waals surface area contributed by atoms with Gasteiger partial charge in [0.1, 0.15) is 5.75 Å². The van der Waals surface area contributed by atoms with Crippen molar-refractivity contribution in [3.8, 4) is 28.8 Å². The molecule has 0 spiro atoms.